The van der Waals surface area contributed by atoms with Crippen molar-refractivity contribution in [3.8, 4) is 0 Å². The Morgan fingerprint density at radius 1 is 1.00 bits per heavy atom. The molecule has 1 saturated heterocycles. The van der Waals surface area contributed by atoms with Gasteiger partial charge in [0.25, 0.3) is 0 Å². The molecule has 0 saturated carbocycles. The molecule has 6 heteroatoms. The number of nitrogens with two attached hydrogens (primary N) is 1. The Morgan fingerprint density at radius 3 is 2.40 bits per heavy atom. The molecule has 1 fully saturated rings. The third-order valence-electron chi connectivity index (χ3n) is 3.45. The average Bonchev–Trinajstić information content (AvgIpc) is 2.49. The Kier molecular flexibility index (Phi) is 3.73. The molecule has 0 amide bonds. The molecule has 104 valence electrons. The maximum atomic E-state index is 5.62. The fourth-order valence-electron chi connectivity index (χ4n) is 2.37. The van der Waals surface area contributed by atoms with Crippen LogP contribution < -0.4 is 15.5 Å². The van der Waals surface area contributed by atoms with Crippen molar-refractivity contribution in [3.05, 3.63) is 41.1 Å². The summed E-state index contributed by atoms with van der Waals surface area (Å²) in [4.78, 5) is 13.2. The molecule has 2 aromatic rings. The first kappa shape index (κ1) is 13.2. The van der Waals surface area contributed by atoms with E-state index in [9.17, 15) is 0 Å². The van der Waals surface area contributed by atoms with Crippen LogP contribution in [-0.4, -0.2) is 36.1 Å². The zero-order valence-electron chi connectivity index (χ0n) is 11.0. The lowest BCUT2D eigenvalue weighted by molar-refractivity contribution is 0.646. The number of piperazine rings is 1. The molecule has 0 spiro atoms. The second-order valence-corrected chi connectivity index (χ2v) is 5.58. The van der Waals surface area contributed by atoms with E-state index in [0.29, 0.717) is 5.82 Å². The summed E-state index contributed by atoms with van der Waals surface area (Å²) >= 11 is 3.56. The number of hydrogen-bond donors (Lipinski definition) is 1. The van der Waals surface area contributed by atoms with Crippen molar-refractivity contribution >= 4 is 33.3 Å². The van der Waals surface area contributed by atoms with Crippen LogP contribution in [0.4, 0.5) is 17.3 Å². The maximum absolute atomic E-state index is 5.62. The lowest BCUT2D eigenvalue weighted by Gasteiger charge is -2.36. The first-order valence-electron chi connectivity index (χ1n) is 6.56. The molecule has 0 bridgehead atoms. The maximum Gasteiger partial charge on any atom is 0.142 e. The zero-order chi connectivity index (χ0) is 13.9. The highest BCUT2D eigenvalue weighted by molar-refractivity contribution is 9.10. The van der Waals surface area contributed by atoms with Gasteiger partial charge in [-0.25, -0.2) is 9.97 Å². The van der Waals surface area contributed by atoms with E-state index in [1.54, 1.807) is 0 Å². The molecular formula is C14H16BrN5. The van der Waals surface area contributed by atoms with Crippen molar-refractivity contribution in [2.24, 2.45) is 0 Å². The van der Waals surface area contributed by atoms with E-state index in [4.69, 9.17) is 5.73 Å². The van der Waals surface area contributed by atoms with E-state index in [-0.39, 0.29) is 0 Å². The van der Waals surface area contributed by atoms with Crippen LogP contribution in [0.15, 0.2) is 41.1 Å². The highest BCUT2D eigenvalue weighted by atomic mass is 79.9. The van der Waals surface area contributed by atoms with Gasteiger partial charge in [-0.1, -0.05) is 0 Å². The molecule has 1 aliphatic rings. The number of halogens is 1. The minimum absolute atomic E-state index is 0.560. The second-order valence-electron chi connectivity index (χ2n) is 4.72. The number of rotatable bonds is 2. The third kappa shape index (κ3) is 2.70. The van der Waals surface area contributed by atoms with Gasteiger partial charge >= 0.3 is 0 Å². The molecule has 0 aromatic carbocycles. The summed E-state index contributed by atoms with van der Waals surface area (Å²) < 4.78 is 1.04. The van der Waals surface area contributed by atoms with Crippen LogP contribution in [0, 0.1) is 0 Å². The number of aromatic nitrogens is 2. The van der Waals surface area contributed by atoms with Gasteiger partial charge in [0.05, 0.1) is 16.4 Å². The van der Waals surface area contributed by atoms with Crippen LogP contribution in [0.25, 0.3) is 0 Å². The lowest BCUT2D eigenvalue weighted by Crippen LogP contribution is -2.47. The smallest absolute Gasteiger partial charge is 0.142 e. The van der Waals surface area contributed by atoms with Crippen molar-refractivity contribution in [1.82, 2.24) is 9.97 Å². The van der Waals surface area contributed by atoms with Crippen molar-refractivity contribution in [2.75, 3.05) is 41.7 Å². The summed E-state index contributed by atoms with van der Waals surface area (Å²) in [6.07, 6.45) is 3.66. The molecule has 1 aliphatic heterocycles. The summed E-state index contributed by atoms with van der Waals surface area (Å²) in [5.74, 6) is 1.58. The second kappa shape index (κ2) is 5.66. The largest absolute Gasteiger partial charge is 0.384 e. The highest BCUT2D eigenvalue weighted by Crippen LogP contribution is 2.25. The normalized spacial score (nSPS) is 15.4. The first-order valence-corrected chi connectivity index (χ1v) is 7.35. The third-order valence-corrected chi connectivity index (χ3v) is 4.07. The SMILES string of the molecule is Nc1ccc(N2CCN(c3ncccc3Br)CC2)cn1. The van der Waals surface area contributed by atoms with Gasteiger partial charge in [0, 0.05) is 32.4 Å². The van der Waals surface area contributed by atoms with E-state index >= 15 is 0 Å². The van der Waals surface area contributed by atoms with Gasteiger partial charge in [0.2, 0.25) is 0 Å². The van der Waals surface area contributed by atoms with Crippen molar-refractivity contribution in [1.29, 1.82) is 0 Å². The molecular weight excluding hydrogens is 318 g/mol. The summed E-state index contributed by atoms with van der Waals surface area (Å²) in [5.41, 5.74) is 6.74. The van der Waals surface area contributed by atoms with Gasteiger partial charge < -0.3 is 15.5 Å². The molecule has 3 rings (SSSR count). The number of nitrogen functional groups attached to an aromatic ring is 1. The molecule has 0 atom stereocenters. The average molecular weight is 334 g/mol. The quantitative estimate of drug-likeness (QED) is 0.912. The Hall–Kier alpha value is -1.82. The number of nitrogens with zero attached hydrogens (tertiary/aromatic N) is 4. The van der Waals surface area contributed by atoms with Gasteiger partial charge in [-0.05, 0) is 40.2 Å². The molecule has 0 radical (unpaired) electrons. The molecule has 0 aliphatic carbocycles. The minimum Gasteiger partial charge on any atom is -0.384 e. The molecule has 20 heavy (non-hydrogen) atoms. The van der Waals surface area contributed by atoms with Crippen LogP contribution >= 0.6 is 15.9 Å². The van der Waals surface area contributed by atoms with Crippen LogP contribution in [0.3, 0.4) is 0 Å². The van der Waals surface area contributed by atoms with Gasteiger partial charge in [0.1, 0.15) is 11.6 Å². The van der Waals surface area contributed by atoms with Gasteiger partial charge in [-0.3, -0.25) is 0 Å². The van der Waals surface area contributed by atoms with E-state index < -0.39 is 0 Å². The molecule has 2 aromatic heterocycles. The predicted octanol–water partition coefficient (Wildman–Crippen LogP) is 2.15. The molecule has 2 N–H and O–H groups in total. The standard InChI is InChI=1S/C14H16BrN5/c15-12-2-1-5-17-14(12)20-8-6-19(7-9-20)11-3-4-13(16)18-10-11/h1-5,10H,6-9H2,(H2,16,18). The summed E-state index contributed by atoms with van der Waals surface area (Å²) in [6, 6.07) is 7.83. The minimum atomic E-state index is 0.560. The Bertz CT molecular complexity index is 578. The fraction of sp³-hybridized carbons (Fsp3) is 0.286. The molecule has 0 unspecified atom stereocenters. The monoisotopic (exact) mass is 333 g/mol. The Morgan fingerprint density at radius 2 is 1.75 bits per heavy atom. The van der Waals surface area contributed by atoms with Gasteiger partial charge in [0.15, 0.2) is 0 Å². The molecule has 5 nitrogen and oxygen atoms in total. The topological polar surface area (TPSA) is 58.3 Å². The van der Waals surface area contributed by atoms with Crippen molar-refractivity contribution < 1.29 is 0 Å². The van der Waals surface area contributed by atoms with Crippen LogP contribution in [0.1, 0.15) is 0 Å². The van der Waals surface area contributed by atoms with Crippen molar-refractivity contribution in [2.45, 2.75) is 0 Å². The van der Waals surface area contributed by atoms with Crippen LogP contribution in [0.2, 0.25) is 0 Å². The Balaban J connectivity index is 1.68. The molecule has 3 heterocycles. The van der Waals surface area contributed by atoms with E-state index in [1.165, 1.54) is 0 Å². The fourth-order valence-corrected chi connectivity index (χ4v) is 2.88. The van der Waals surface area contributed by atoms with E-state index in [1.807, 2.05) is 36.7 Å². The van der Waals surface area contributed by atoms with Crippen LogP contribution in [-0.2, 0) is 0 Å². The first-order chi connectivity index (χ1) is 9.74. The zero-order valence-corrected chi connectivity index (χ0v) is 12.6. The van der Waals surface area contributed by atoms with Crippen molar-refractivity contribution in [3.63, 3.8) is 0 Å². The van der Waals surface area contributed by atoms with Gasteiger partial charge in [-0.15, -0.1) is 0 Å². The van der Waals surface area contributed by atoms with Crippen LogP contribution in [0.5, 0.6) is 0 Å². The predicted molar refractivity (Wildman–Crippen MR) is 85.0 cm³/mol. The Labute approximate surface area is 126 Å². The summed E-state index contributed by atoms with van der Waals surface area (Å²) in [6.45, 7) is 3.79. The number of pyridine rings is 2. The number of hydrogen-bond acceptors (Lipinski definition) is 5. The summed E-state index contributed by atoms with van der Waals surface area (Å²) in [5, 5.41) is 0. The van der Waals surface area contributed by atoms with E-state index in [2.05, 4.69) is 35.7 Å². The lowest BCUT2D eigenvalue weighted by atomic mass is 10.2. The van der Waals surface area contributed by atoms with Gasteiger partial charge in [-0.2, -0.15) is 0 Å². The highest BCUT2D eigenvalue weighted by Gasteiger charge is 2.19. The number of anilines is 3. The summed E-state index contributed by atoms with van der Waals surface area (Å²) in [7, 11) is 0. The van der Waals surface area contributed by atoms with E-state index in [0.717, 1.165) is 42.2 Å².